The lowest BCUT2D eigenvalue weighted by Gasteiger charge is -2.04. The van der Waals surface area contributed by atoms with E-state index in [1.807, 2.05) is 0 Å². The fourth-order valence-electron chi connectivity index (χ4n) is 1.12. The average Bonchev–Trinajstić information content (AvgIpc) is 2.35. The number of carbonyl (C=O) groups is 2. The standard InChI is InChI=1S/C10H9BrN2O5/c1-18-9(14)5-12-10(15)6-2-3-7(11)8(4-6)13(16)17/h2-4H,5H2,1H3,(H,12,15). The van der Waals surface area contributed by atoms with Crippen molar-refractivity contribution in [3.05, 3.63) is 38.3 Å². The van der Waals surface area contributed by atoms with Crippen molar-refractivity contribution in [1.82, 2.24) is 5.32 Å². The molecule has 1 rings (SSSR count). The molecule has 8 heteroatoms. The third-order valence-electron chi connectivity index (χ3n) is 2.03. The molecule has 0 fully saturated rings. The number of hydrogen-bond donors (Lipinski definition) is 1. The van der Waals surface area contributed by atoms with Crippen molar-refractivity contribution in [1.29, 1.82) is 0 Å². The van der Waals surface area contributed by atoms with Gasteiger partial charge >= 0.3 is 5.97 Å². The molecule has 0 atom stereocenters. The van der Waals surface area contributed by atoms with Gasteiger partial charge in [-0.05, 0) is 28.1 Å². The Morgan fingerprint density at radius 2 is 2.17 bits per heavy atom. The fraction of sp³-hybridized carbons (Fsp3) is 0.200. The maximum absolute atomic E-state index is 11.6. The number of benzene rings is 1. The lowest BCUT2D eigenvalue weighted by atomic mass is 10.2. The second kappa shape index (κ2) is 6.10. The molecule has 0 bridgehead atoms. The van der Waals surface area contributed by atoms with E-state index < -0.39 is 16.8 Å². The largest absolute Gasteiger partial charge is 0.468 e. The summed E-state index contributed by atoms with van der Waals surface area (Å²) in [5, 5.41) is 13.0. The monoisotopic (exact) mass is 316 g/mol. The van der Waals surface area contributed by atoms with Crippen LogP contribution in [-0.4, -0.2) is 30.5 Å². The van der Waals surface area contributed by atoms with Gasteiger partial charge in [-0.2, -0.15) is 0 Å². The van der Waals surface area contributed by atoms with Crippen LogP contribution in [0.3, 0.4) is 0 Å². The summed E-state index contributed by atoms with van der Waals surface area (Å²) < 4.78 is 4.62. The van der Waals surface area contributed by atoms with Crippen LogP contribution in [0.15, 0.2) is 22.7 Å². The number of rotatable bonds is 4. The second-order valence-corrected chi connectivity index (χ2v) is 4.04. The zero-order valence-corrected chi connectivity index (χ0v) is 10.9. The van der Waals surface area contributed by atoms with Crippen LogP contribution < -0.4 is 5.32 Å². The van der Waals surface area contributed by atoms with E-state index in [2.05, 4.69) is 26.0 Å². The van der Waals surface area contributed by atoms with Crippen molar-refractivity contribution in [2.75, 3.05) is 13.7 Å². The Morgan fingerprint density at radius 3 is 2.72 bits per heavy atom. The molecule has 1 aromatic carbocycles. The summed E-state index contributed by atoms with van der Waals surface area (Å²) in [6, 6.07) is 3.92. The summed E-state index contributed by atoms with van der Waals surface area (Å²) in [5.74, 6) is -1.19. The molecule has 0 aliphatic carbocycles. The first-order chi connectivity index (χ1) is 8.45. The lowest BCUT2D eigenvalue weighted by molar-refractivity contribution is -0.385. The minimum absolute atomic E-state index is 0.0915. The molecular formula is C10H9BrN2O5. The van der Waals surface area contributed by atoms with E-state index in [1.54, 1.807) is 0 Å². The topological polar surface area (TPSA) is 98.5 Å². The van der Waals surface area contributed by atoms with Gasteiger partial charge in [0.2, 0.25) is 0 Å². The summed E-state index contributed by atoms with van der Waals surface area (Å²) in [5.41, 5.74) is -0.130. The van der Waals surface area contributed by atoms with Gasteiger partial charge in [0, 0.05) is 11.6 Å². The molecule has 96 valence electrons. The number of nitro benzene ring substituents is 1. The molecule has 0 spiro atoms. The number of ether oxygens (including phenoxy) is 1. The van der Waals surface area contributed by atoms with Crippen LogP contribution >= 0.6 is 15.9 Å². The molecule has 0 saturated carbocycles. The van der Waals surface area contributed by atoms with E-state index >= 15 is 0 Å². The third kappa shape index (κ3) is 3.52. The van der Waals surface area contributed by atoms with E-state index in [4.69, 9.17) is 0 Å². The Morgan fingerprint density at radius 1 is 1.50 bits per heavy atom. The first-order valence-corrected chi connectivity index (χ1v) is 5.54. The van der Waals surface area contributed by atoms with Crippen molar-refractivity contribution in [3.8, 4) is 0 Å². The third-order valence-corrected chi connectivity index (χ3v) is 2.70. The van der Waals surface area contributed by atoms with Gasteiger partial charge in [0.1, 0.15) is 6.54 Å². The predicted molar refractivity (Wildman–Crippen MR) is 65.1 cm³/mol. The molecule has 1 amide bonds. The highest BCUT2D eigenvalue weighted by atomic mass is 79.9. The highest BCUT2D eigenvalue weighted by molar-refractivity contribution is 9.10. The Bertz CT molecular complexity index is 503. The fourth-order valence-corrected chi connectivity index (χ4v) is 1.51. The summed E-state index contributed by atoms with van der Waals surface area (Å²) in [4.78, 5) is 32.5. The quantitative estimate of drug-likeness (QED) is 0.512. The number of nitrogens with zero attached hydrogens (tertiary/aromatic N) is 1. The van der Waals surface area contributed by atoms with Crippen LogP contribution in [-0.2, 0) is 9.53 Å². The smallest absolute Gasteiger partial charge is 0.325 e. The number of methoxy groups -OCH3 is 1. The molecule has 0 aromatic heterocycles. The average molecular weight is 317 g/mol. The van der Waals surface area contributed by atoms with E-state index in [0.29, 0.717) is 0 Å². The molecule has 0 aliphatic rings. The predicted octanol–water partition coefficient (Wildman–Crippen LogP) is 1.26. The number of esters is 1. The van der Waals surface area contributed by atoms with Crippen molar-refractivity contribution in [3.63, 3.8) is 0 Å². The van der Waals surface area contributed by atoms with Gasteiger partial charge in [-0.1, -0.05) is 0 Å². The Kier molecular flexibility index (Phi) is 4.78. The van der Waals surface area contributed by atoms with E-state index in [9.17, 15) is 19.7 Å². The van der Waals surface area contributed by atoms with E-state index in [-0.39, 0.29) is 22.3 Å². The lowest BCUT2D eigenvalue weighted by Crippen LogP contribution is -2.30. The SMILES string of the molecule is COC(=O)CNC(=O)c1ccc(Br)c([N+](=O)[O-])c1. The van der Waals surface area contributed by atoms with E-state index in [0.717, 1.165) is 6.07 Å². The number of nitro groups is 1. The van der Waals surface area contributed by atoms with Crippen LogP contribution in [0.2, 0.25) is 0 Å². The molecule has 1 aromatic rings. The van der Waals surface area contributed by atoms with Crippen LogP contribution in [0.5, 0.6) is 0 Å². The highest BCUT2D eigenvalue weighted by Crippen LogP contribution is 2.25. The Labute approximate surface area is 110 Å². The minimum atomic E-state index is -0.610. The maximum atomic E-state index is 11.6. The maximum Gasteiger partial charge on any atom is 0.325 e. The number of nitrogens with one attached hydrogen (secondary N) is 1. The van der Waals surface area contributed by atoms with Gasteiger partial charge in [0.15, 0.2) is 0 Å². The molecular weight excluding hydrogens is 308 g/mol. The number of hydrogen-bond acceptors (Lipinski definition) is 5. The van der Waals surface area contributed by atoms with Crippen molar-refractivity contribution in [2.24, 2.45) is 0 Å². The summed E-state index contributed by atoms with van der Waals surface area (Å²) in [6.07, 6.45) is 0. The molecule has 1 N–H and O–H groups in total. The van der Waals surface area contributed by atoms with Gasteiger partial charge in [-0.15, -0.1) is 0 Å². The van der Waals surface area contributed by atoms with Crippen molar-refractivity contribution < 1.29 is 19.2 Å². The van der Waals surface area contributed by atoms with Gasteiger partial charge in [0.25, 0.3) is 11.6 Å². The highest BCUT2D eigenvalue weighted by Gasteiger charge is 2.16. The van der Waals surface area contributed by atoms with Crippen molar-refractivity contribution in [2.45, 2.75) is 0 Å². The minimum Gasteiger partial charge on any atom is -0.468 e. The number of halogens is 1. The molecule has 18 heavy (non-hydrogen) atoms. The molecule has 7 nitrogen and oxygen atoms in total. The van der Waals surface area contributed by atoms with Gasteiger partial charge < -0.3 is 10.1 Å². The van der Waals surface area contributed by atoms with E-state index in [1.165, 1.54) is 19.2 Å². The molecule has 0 saturated heterocycles. The number of carbonyl (C=O) groups excluding carboxylic acids is 2. The number of amides is 1. The zero-order valence-electron chi connectivity index (χ0n) is 9.31. The van der Waals surface area contributed by atoms with Gasteiger partial charge in [-0.3, -0.25) is 19.7 Å². The first-order valence-electron chi connectivity index (χ1n) is 4.74. The molecule has 0 aliphatic heterocycles. The van der Waals surface area contributed by atoms with Crippen LogP contribution in [0.4, 0.5) is 5.69 Å². The molecule has 0 unspecified atom stereocenters. The summed E-state index contributed by atoms with van der Waals surface area (Å²) >= 11 is 3.01. The van der Waals surface area contributed by atoms with Crippen LogP contribution in [0.1, 0.15) is 10.4 Å². The Hall–Kier alpha value is -1.96. The van der Waals surface area contributed by atoms with Gasteiger partial charge in [-0.25, -0.2) is 0 Å². The second-order valence-electron chi connectivity index (χ2n) is 3.18. The van der Waals surface area contributed by atoms with Crippen LogP contribution in [0, 0.1) is 10.1 Å². The van der Waals surface area contributed by atoms with Crippen LogP contribution in [0.25, 0.3) is 0 Å². The van der Waals surface area contributed by atoms with Crippen molar-refractivity contribution >= 4 is 33.5 Å². The zero-order chi connectivity index (χ0) is 13.7. The summed E-state index contributed by atoms with van der Waals surface area (Å²) in [6.45, 7) is -0.292. The Balaban J connectivity index is 2.84. The normalized spacial score (nSPS) is 9.67. The molecule has 0 heterocycles. The molecule has 0 radical (unpaired) electrons. The first kappa shape index (κ1) is 14.1. The van der Waals surface area contributed by atoms with Gasteiger partial charge in [0.05, 0.1) is 16.5 Å². The summed E-state index contributed by atoms with van der Waals surface area (Å²) in [7, 11) is 1.19.